The van der Waals surface area contributed by atoms with Crippen LogP contribution in [0.3, 0.4) is 0 Å². The maximum atomic E-state index is 12.2. The fourth-order valence-electron chi connectivity index (χ4n) is 3.11. The molecule has 1 amide bonds. The zero-order valence-electron chi connectivity index (χ0n) is 19.5. The lowest BCUT2D eigenvalue weighted by molar-refractivity contribution is 0.0827. The average molecular weight is 483 g/mol. The van der Waals surface area contributed by atoms with Crippen LogP contribution in [0.5, 0.6) is 34.9 Å². The molecule has 4 aromatic rings. The molecule has 180 valence electrons. The number of carbonyl (C=O) groups excluding carboxylic acids is 1. The number of aromatic nitrogens is 2. The maximum Gasteiger partial charge on any atom is 0.327 e. The van der Waals surface area contributed by atoms with E-state index in [1.165, 1.54) is 11.0 Å². The van der Waals surface area contributed by atoms with E-state index in [9.17, 15) is 10.1 Å². The lowest BCUT2D eigenvalue weighted by Gasteiger charge is -2.13. The molecule has 0 aliphatic rings. The zero-order valence-corrected chi connectivity index (χ0v) is 19.5. The first-order valence-electron chi connectivity index (χ1n) is 10.7. The molecule has 0 bridgehead atoms. The van der Waals surface area contributed by atoms with Crippen molar-refractivity contribution in [2.45, 2.75) is 0 Å². The Labute approximate surface area is 207 Å². The van der Waals surface area contributed by atoms with Gasteiger partial charge in [0.1, 0.15) is 28.7 Å². The molecule has 1 heterocycles. The van der Waals surface area contributed by atoms with Crippen molar-refractivity contribution in [3.8, 4) is 41.0 Å². The Morgan fingerprint density at radius 3 is 2.22 bits per heavy atom. The summed E-state index contributed by atoms with van der Waals surface area (Å²) in [5.41, 5.74) is 12.7. The highest BCUT2D eigenvalue weighted by molar-refractivity contribution is 5.94. The largest absolute Gasteiger partial charge is 0.457 e. The van der Waals surface area contributed by atoms with Gasteiger partial charge in [0.2, 0.25) is 0 Å². The minimum atomic E-state index is -0.187. The zero-order chi connectivity index (χ0) is 25.7. The van der Waals surface area contributed by atoms with Gasteiger partial charge in [0, 0.05) is 25.7 Å². The number of para-hydroxylation sites is 1. The van der Waals surface area contributed by atoms with Gasteiger partial charge in [0.25, 0.3) is 11.8 Å². The molecule has 0 aliphatic carbocycles. The molecule has 0 saturated carbocycles. The van der Waals surface area contributed by atoms with Crippen LogP contribution >= 0.6 is 0 Å². The molecule has 1 aromatic heterocycles. The van der Waals surface area contributed by atoms with Gasteiger partial charge >= 0.3 is 6.01 Å². The van der Waals surface area contributed by atoms with Crippen LogP contribution in [-0.4, -0.2) is 34.9 Å². The molecule has 36 heavy (non-hydrogen) atoms. The second-order valence-electron chi connectivity index (χ2n) is 7.76. The first-order chi connectivity index (χ1) is 17.3. The number of nitrogens with two attached hydrogens (primary N) is 2. The summed E-state index contributed by atoms with van der Waals surface area (Å²) < 4.78 is 17.4. The summed E-state index contributed by atoms with van der Waals surface area (Å²) in [6, 6.07) is 22.2. The molecular formula is C26H22N6O4. The molecule has 0 atom stereocenters. The van der Waals surface area contributed by atoms with Crippen LogP contribution in [-0.2, 0) is 0 Å². The van der Waals surface area contributed by atoms with E-state index in [4.69, 9.17) is 25.7 Å². The van der Waals surface area contributed by atoms with Crippen LogP contribution in [0.2, 0.25) is 0 Å². The number of nitrogens with zero attached hydrogens (tertiary/aromatic N) is 4. The minimum absolute atomic E-state index is 0.00762. The Kier molecular flexibility index (Phi) is 6.83. The highest BCUT2D eigenvalue weighted by atomic mass is 16.5. The molecule has 4 N–H and O–H groups in total. The normalized spacial score (nSPS) is 10.2. The van der Waals surface area contributed by atoms with Gasteiger partial charge in [0.15, 0.2) is 5.82 Å². The summed E-state index contributed by atoms with van der Waals surface area (Å²) in [5, 5.41) is 9.44. The van der Waals surface area contributed by atoms with Crippen molar-refractivity contribution in [3.05, 3.63) is 83.9 Å². The van der Waals surface area contributed by atoms with Crippen LogP contribution in [0, 0.1) is 11.3 Å². The molecular weight excluding hydrogens is 460 g/mol. The number of ether oxygens (including phenoxy) is 3. The first kappa shape index (κ1) is 23.8. The number of hydrogen-bond acceptors (Lipinski definition) is 9. The van der Waals surface area contributed by atoms with E-state index in [2.05, 4.69) is 16.0 Å². The standard InChI is InChI=1S/C26H22N6O4/c1-32(2)25(33)17-7-6-10-19(13-17)36-26-30-23(29)22(28)24(31-26)35-21-12-16(15-27)11-20(14-21)34-18-8-4-3-5-9-18/h3-14H,28H2,1-2H3,(H2,29,30,31). The molecule has 0 saturated heterocycles. The number of rotatable bonds is 7. The van der Waals surface area contributed by atoms with Crippen molar-refractivity contribution in [2.75, 3.05) is 25.6 Å². The highest BCUT2D eigenvalue weighted by Gasteiger charge is 2.16. The van der Waals surface area contributed by atoms with Gasteiger partial charge in [-0.15, -0.1) is 0 Å². The van der Waals surface area contributed by atoms with Crippen molar-refractivity contribution in [3.63, 3.8) is 0 Å². The van der Waals surface area contributed by atoms with Crippen molar-refractivity contribution in [1.29, 1.82) is 5.26 Å². The van der Waals surface area contributed by atoms with Crippen molar-refractivity contribution >= 4 is 17.4 Å². The average Bonchev–Trinajstić information content (AvgIpc) is 2.87. The van der Waals surface area contributed by atoms with Gasteiger partial charge < -0.3 is 30.6 Å². The lowest BCUT2D eigenvalue weighted by atomic mass is 10.2. The van der Waals surface area contributed by atoms with Crippen LogP contribution in [0.15, 0.2) is 72.8 Å². The third-order valence-electron chi connectivity index (χ3n) is 4.82. The van der Waals surface area contributed by atoms with Gasteiger partial charge in [-0.2, -0.15) is 15.2 Å². The number of anilines is 2. The van der Waals surface area contributed by atoms with Gasteiger partial charge in [-0.1, -0.05) is 24.3 Å². The fraction of sp³-hybridized carbons (Fsp3) is 0.0769. The Bertz CT molecular complexity index is 1450. The Hall–Kier alpha value is -5.30. The van der Waals surface area contributed by atoms with E-state index in [-0.39, 0.29) is 35.1 Å². The molecule has 0 spiro atoms. The summed E-state index contributed by atoms with van der Waals surface area (Å²) in [6.07, 6.45) is 0. The molecule has 4 rings (SSSR count). The third-order valence-corrected chi connectivity index (χ3v) is 4.82. The van der Waals surface area contributed by atoms with E-state index in [1.807, 2.05) is 18.2 Å². The number of nitrogen functional groups attached to an aromatic ring is 2. The van der Waals surface area contributed by atoms with Crippen LogP contribution in [0.1, 0.15) is 15.9 Å². The number of amides is 1. The molecule has 0 fully saturated rings. The van der Waals surface area contributed by atoms with Gasteiger partial charge in [-0.3, -0.25) is 4.79 Å². The van der Waals surface area contributed by atoms with E-state index in [0.717, 1.165) is 0 Å². The van der Waals surface area contributed by atoms with Crippen molar-refractivity contribution in [1.82, 2.24) is 14.9 Å². The summed E-state index contributed by atoms with van der Waals surface area (Å²) in [5.74, 6) is 1.22. The minimum Gasteiger partial charge on any atom is -0.457 e. The van der Waals surface area contributed by atoms with Gasteiger partial charge in [0.05, 0.1) is 11.6 Å². The van der Waals surface area contributed by atoms with Crippen LogP contribution in [0.4, 0.5) is 11.5 Å². The molecule has 0 aliphatic heterocycles. The second kappa shape index (κ2) is 10.3. The summed E-state index contributed by atoms with van der Waals surface area (Å²) in [4.78, 5) is 22.0. The summed E-state index contributed by atoms with van der Waals surface area (Å²) >= 11 is 0. The summed E-state index contributed by atoms with van der Waals surface area (Å²) in [7, 11) is 3.31. The van der Waals surface area contributed by atoms with Gasteiger partial charge in [-0.25, -0.2) is 0 Å². The maximum absolute atomic E-state index is 12.2. The number of carbonyl (C=O) groups is 1. The predicted octanol–water partition coefficient (Wildman–Crippen LogP) is 4.59. The number of nitriles is 1. The molecule has 10 nitrogen and oxygen atoms in total. The van der Waals surface area contributed by atoms with E-state index < -0.39 is 0 Å². The quantitative estimate of drug-likeness (QED) is 0.385. The SMILES string of the molecule is CN(C)C(=O)c1cccc(Oc2nc(N)c(N)c(Oc3cc(C#N)cc(Oc4ccccc4)c3)n2)c1. The smallest absolute Gasteiger partial charge is 0.327 e. The molecule has 0 unspecified atom stereocenters. The molecule has 0 radical (unpaired) electrons. The first-order valence-corrected chi connectivity index (χ1v) is 10.7. The highest BCUT2D eigenvalue weighted by Crippen LogP contribution is 2.35. The topological polar surface area (TPSA) is 150 Å². The van der Waals surface area contributed by atoms with E-state index in [0.29, 0.717) is 28.4 Å². The Morgan fingerprint density at radius 2 is 1.53 bits per heavy atom. The molecule has 3 aromatic carbocycles. The third kappa shape index (κ3) is 5.60. The van der Waals surface area contributed by atoms with Crippen LogP contribution < -0.4 is 25.7 Å². The number of hydrogen-bond donors (Lipinski definition) is 2. The fourth-order valence-corrected chi connectivity index (χ4v) is 3.11. The molecule has 10 heteroatoms. The van der Waals surface area contributed by atoms with Gasteiger partial charge in [-0.05, 0) is 42.5 Å². The second-order valence-corrected chi connectivity index (χ2v) is 7.76. The van der Waals surface area contributed by atoms with Crippen molar-refractivity contribution in [2.24, 2.45) is 0 Å². The Balaban J connectivity index is 1.61. The number of benzene rings is 3. The Morgan fingerprint density at radius 1 is 0.833 bits per heavy atom. The lowest BCUT2D eigenvalue weighted by Crippen LogP contribution is -2.21. The van der Waals surface area contributed by atoms with Crippen LogP contribution in [0.25, 0.3) is 0 Å². The van der Waals surface area contributed by atoms with Crippen molar-refractivity contribution < 1.29 is 19.0 Å². The summed E-state index contributed by atoms with van der Waals surface area (Å²) in [6.45, 7) is 0. The predicted molar refractivity (Wildman–Crippen MR) is 133 cm³/mol. The van der Waals surface area contributed by atoms with E-state index >= 15 is 0 Å². The monoisotopic (exact) mass is 482 g/mol. The van der Waals surface area contributed by atoms with E-state index in [1.54, 1.807) is 62.6 Å².